The average molecular weight is 307 g/mol. The summed E-state index contributed by atoms with van der Waals surface area (Å²) in [7, 11) is 4.31. The molecule has 1 N–H and O–H groups in total. The van der Waals surface area contributed by atoms with Gasteiger partial charge in [0.2, 0.25) is 0 Å². The van der Waals surface area contributed by atoms with E-state index in [9.17, 15) is 9.67 Å². The Balaban J connectivity index is 2.69. The van der Waals surface area contributed by atoms with Crippen molar-refractivity contribution in [2.24, 2.45) is 0 Å². The summed E-state index contributed by atoms with van der Waals surface area (Å²) in [4.78, 5) is 0. The fraction of sp³-hybridized carbons (Fsp3) is 1.00. The van der Waals surface area contributed by atoms with Gasteiger partial charge in [0, 0.05) is 0 Å². The molecule has 0 radical (unpaired) electrons. The molecule has 0 saturated carbocycles. The van der Waals surface area contributed by atoms with Crippen molar-refractivity contribution >= 4 is 42.4 Å². The molecular weight excluding hydrogens is 296 g/mol. The van der Waals surface area contributed by atoms with Crippen LogP contribution in [0.25, 0.3) is 0 Å². The molecule has 0 bridgehead atoms. The van der Waals surface area contributed by atoms with Gasteiger partial charge in [-0.15, -0.1) is 0 Å². The Hall–Kier alpha value is 1.36. The van der Waals surface area contributed by atoms with Crippen LogP contribution in [0.5, 0.6) is 0 Å². The number of hydrogen-bond acceptors (Lipinski definition) is 4. The van der Waals surface area contributed by atoms with Crippen LogP contribution in [0, 0.1) is 0 Å². The topological polar surface area (TPSA) is 55.8 Å². The van der Waals surface area contributed by atoms with Crippen LogP contribution in [0.2, 0.25) is 5.32 Å². The van der Waals surface area contributed by atoms with E-state index < -0.39 is 5.00 Å². The maximum atomic E-state index is 10.8. The molecule has 0 spiro atoms. The molecule has 1 aliphatic rings. The van der Waals surface area contributed by atoms with Gasteiger partial charge < -0.3 is 0 Å². The van der Waals surface area contributed by atoms with E-state index in [1.807, 2.05) is 0 Å². The van der Waals surface area contributed by atoms with Crippen LogP contribution in [0.1, 0.15) is 0 Å². The van der Waals surface area contributed by atoms with Crippen molar-refractivity contribution in [2.75, 3.05) is 0 Å². The zero-order valence-corrected chi connectivity index (χ0v) is 11.6. The van der Waals surface area contributed by atoms with Crippen LogP contribution in [0.3, 0.4) is 0 Å². The normalized spacial score (nSPS) is 40.8. The molecule has 0 amide bonds. The molecule has 4 nitrogen and oxygen atoms in total. The first-order valence-corrected chi connectivity index (χ1v) is 7.60. The fourth-order valence-electron chi connectivity index (χ4n) is 1.17. The van der Waals surface area contributed by atoms with E-state index in [0.717, 1.165) is 5.32 Å². The van der Waals surface area contributed by atoms with Gasteiger partial charge in [-0.05, 0) is 0 Å². The van der Waals surface area contributed by atoms with Crippen molar-refractivity contribution in [3.63, 3.8) is 0 Å². The van der Waals surface area contributed by atoms with Gasteiger partial charge in [0.25, 0.3) is 0 Å². The van der Waals surface area contributed by atoms with E-state index in [0.29, 0.717) is 0 Å². The van der Waals surface area contributed by atoms with Gasteiger partial charge in [0.15, 0.2) is 0 Å². The van der Waals surface area contributed by atoms with E-state index in [1.54, 1.807) is 0 Å². The third-order valence-electron chi connectivity index (χ3n) is 1.87. The van der Waals surface area contributed by atoms with Gasteiger partial charge in [0.1, 0.15) is 0 Å². The average Bonchev–Trinajstić information content (AvgIpc) is 2.17. The Labute approximate surface area is 89.4 Å². The van der Waals surface area contributed by atoms with Gasteiger partial charge >= 0.3 is 89.3 Å². The summed E-state index contributed by atoms with van der Waals surface area (Å²) in [5, 5.41) is 9.85. The van der Waals surface area contributed by atoms with Crippen molar-refractivity contribution in [1.82, 2.24) is 0 Å². The minimum atomic E-state index is -0.478. The second kappa shape index (κ2) is 6.05. The molecule has 0 aliphatic carbocycles. The molecule has 3 unspecified atom stereocenters. The zero-order chi connectivity index (χ0) is 9.84. The summed E-state index contributed by atoms with van der Waals surface area (Å²) in [5.74, 6) is 0. The standard InChI is InChI=1S/C5H11O4P3Se/c6-5-4(9-11)3(8-10)2(12-7)1-13-5/h2-6H,1,10-11H2/t2-,3+,4?,5-/m1/s1. The molecule has 8 heteroatoms. The zero-order valence-electron chi connectivity index (χ0n) is 6.70. The number of hydrogen-bond donors (Lipinski definition) is 1. The van der Waals surface area contributed by atoms with E-state index in [2.05, 4.69) is 18.9 Å². The van der Waals surface area contributed by atoms with Crippen LogP contribution >= 0.6 is 27.4 Å². The number of rotatable bonds is 3. The second-order valence-corrected chi connectivity index (χ2v) is 6.43. The summed E-state index contributed by atoms with van der Waals surface area (Å²) in [6.07, 6.45) is -0.699. The van der Waals surface area contributed by atoms with Crippen LogP contribution in [-0.4, -0.2) is 42.9 Å². The van der Waals surface area contributed by atoms with Crippen molar-refractivity contribution in [1.29, 1.82) is 0 Å². The monoisotopic (exact) mass is 308 g/mol. The van der Waals surface area contributed by atoms with Crippen molar-refractivity contribution in [3.05, 3.63) is 0 Å². The van der Waals surface area contributed by atoms with Gasteiger partial charge in [-0.1, -0.05) is 0 Å². The third kappa shape index (κ3) is 2.91. The van der Waals surface area contributed by atoms with E-state index >= 15 is 0 Å². The van der Waals surface area contributed by atoms with E-state index in [4.69, 9.17) is 9.05 Å². The molecule has 0 aromatic heterocycles. The first kappa shape index (κ1) is 12.4. The van der Waals surface area contributed by atoms with Crippen molar-refractivity contribution in [3.8, 4) is 0 Å². The van der Waals surface area contributed by atoms with Crippen LogP contribution in [0.15, 0.2) is 0 Å². The van der Waals surface area contributed by atoms with Gasteiger partial charge in [-0.2, -0.15) is 0 Å². The molecular formula is C5H11O4P3Se. The number of aliphatic hydroxyl groups excluding tert-OH is 1. The molecule has 1 fully saturated rings. The number of aliphatic hydroxyl groups is 1. The van der Waals surface area contributed by atoms with E-state index in [1.165, 1.54) is 0 Å². The Kier molecular flexibility index (Phi) is 5.79. The van der Waals surface area contributed by atoms with Gasteiger partial charge in [-0.25, -0.2) is 0 Å². The Morgan fingerprint density at radius 2 is 2.00 bits per heavy atom. The Morgan fingerprint density at radius 1 is 1.38 bits per heavy atom. The minimum absolute atomic E-state index is 0.0585. The summed E-state index contributed by atoms with van der Waals surface area (Å²) < 4.78 is 20.9. The molecule has 76 valence electrons. The summed E-state index contributed by atoms with van der Waals surface area (Å²) in [6.45, 7) is 0. The Morgan fingerprint density at radius 3 is 2.46 bits per heavy atom. The maximum absolute atomic E-state index is 10.8. The first-order chi connectivity index (χ1) is 6.24. The summed E-state index contributed by atoms with van der Waals surface area (Å²) >= 11 is 0.0585. The van der Waals surface area contributed by atoms with Crippen LogP contribution in [-0.2, 0) is 13.6 Å². The SMILES string of the molecule is O=P[C@@H]1C[Se][C@@H](O)C(OP)[C@H]1OP. The van der Waals surface area contributed by atoms with Crippen molar-refractivity contribution < 1.29 is 18.7 Å². The third-order valence-corrected chi connectivity index (χ3v) is 6.24. The van der Waals surface area contributed by atoms with E-state index in [-0.39, 0.29) is 41.3 Å². The van der Waals surface area contributed by atoms with Gasteiger partial charge in [0.05, 0.1) is 0 Å². The first-order valence-electron chi connectivity index (χ1n) is 3.57. The molecule has 1 aliphatic heterocycles. The molecule has 13 heavy (non-hydrogen) atoms. The predicted molar refractivity (Wildman–Crippen MR) is 57.1 cm³/mol. The molecule has 6 atom stereocenters. The fourth-order valence-corrected chi connectivity index (χ4v) is 5.54. The summed E-state index contributed by atoms with van der Waals surface area (Å²) in [5.41, 5.74) is -0.0635. The second-order valence-electron chi connectivity index (χ2n) is 2.60. The Bertz CT molecular complexity index is 183. The molecule has 1 rings (SSSR count). The summed E-state index contributed by atoms with van der Waals surface area (Å²) in [6, 6.07) is 0. The quantitative estimate of drug-likeness (QED) is 0.608. The van der Waals surface area contributed by atoms with Crippen LogP contribution < -0.4 is 0 Å². The molecule has 1 heterocycles. The van der Waals surface area contributed by atoms with Gasteiger partial charge in [-0.3, -0.25) is 0 Å². The van der Waals surface area contributed by atoms with Crippen molar-refractivity contribution in [2.45, 2.75) is 28.2 Å². The molecule has 1 saturated heterocycles. The molecule has 0 aromatic rings. The predicted octanol–water partition coefficient (Wildman–Crippen LogP) is 0.452. The van der Waals surface area contributed by atoms with Crippen LogP contribution in [0.4, 0.5) is 0 Å². The molecule has 0 aromatic carbocycles.